The van der Waals surface area contributed by atoms with E-state index >= 15 is 0 Å². The zero-order chi connectivity index (χ0) is 13.8. The lowest BCUT2D eigenvalue weighted by molar-refractivity contribution is -0.597. The maximum absolute atomic E-state index is 11.3. The SMILES string of the molecule is O=C1OCCC1Oc1ccc([I+]c2ccccc2)cc1. The van der Waals surface area contributed by atoms with Gasteiger partial charge in [0.25, 0.3) is 0 Å². The molecule has 0 aromatic heterocycles. The van der Waals surface area contributed by atoms with Crippen LogP contribution >= 0.6 is 0 Å². The number of esters is 1. The summed E-state index contributed by atoms with van der Waals surface area (Å²) in [6.07, 6.45) is 0.196. The number of benzene rings is 2. The summed E-state index contributed by atoms with van der Waals surface area (Å²) in [6.45, 7) is 0.459. The molecule has 2 aromatic carbocycles. The van der Waals surface area contributed by atoms with Crippen LogP contribution in [0.1, 0.15) is 6.42 Å². The molecule has 3 rings (SSSR count). The molecule has 0 saturated carbocycles. The van der Waals surface area contributed by atoms with Gasteiger partial charge in [0.1, 0.15) is 5.75 Å². The van der Waals surface area contributed by atoms with Crippen molar-refractivity contribution < 1.29 is 35.5 Å². The van der Waals surface area contributed by atoms with Gasteiger partial charge in [-0.25, -0.2) is 4.79 Å². The number of carbonyl (C=O) groups excluding carboxylic acids is 1. The van der Waals surface area contributed by atoms with E-state index in [4.69, 9.17) is 9.47 Å². The van der Waals surface area contributed by atoms with Gasteiger partial charge in [-0.1, -0.05) is 18.2 Å². The van der Waals surface area contributed by atoms with Crippen LogP contribution < -0.4 is 25.9 Å². The molecule has 0 N–H and O–H groups in total. The van der Waals surface area contributed by atoms with Crippen molar-refractivity contribution in [1.82, 2.24) is 0 Å². The Labute approximate surface area is 128 Å². The first-order chi connectivity index (χ1) is 9.81. The first kappa shape index (κ1) is 13.4. The summed E-state index contributed by atoms with van der Waals surface area (Å²) in [4.78, 5) is 11.3. The van der Waals surface area contributed by atoms with E-state index in [0.29, 0.717) is 13.0 Å². The molecular weight excluding hydrogens is 367 g/mol. The first-order valence-corrected chi connectivity index (χ1v) is 8.60. The van der Waals surface area contributed by atoms with Gasteiger partial charge in [0.15, 0.2) is 13.2 Å². The van der Waals surface area contributed by atoms with E-state index in [1.165, 1.54) is 7.14 Å². The fraction of sp³-hybridized carbons (Fsp3) is 0.188. The van der Waals surface area contributed by atoms with Gasteiger partial charge in [0.2, 0.25) is 0 Å². The number of hydrogen-bond acceptors (Lipinski definition) is 3. The van der Waals surface area contributed by atoms with Crippen molar-refractivity contribution in [3.05, 3.63) is 61.7 Å². The van der Waals surface area contributed by atoms with Gasteiger partial charge in [-0.05, 0) is 36.4 Å². The van der Waals surface area contributed by atoms with Crippen LogP contribution in [0.25, 0.3) is 0 Å². The molecule has 1 saturated heterocycles. The minimum atomic E-state index is -0.440. The molecule has 1 aliphatic rings. The van der Waals surface area contributed by atoms with Crippen molar-refractivity contribution >= 4 is 5.97 Å². The zero-order valence-electron chi connectivity index (χ0n) is 10.8. The number of carbonyl (C=O) groups is 1. The maximum atomic E-state index is 11.3. The Morgan fingerprint density at radius 3 is 2.35 bits per heavy atom. The largest absolute Gasteiger partial charge is 0.479 e. The fourth-order valence-corrected chi connectivity index (χ4v) is 4.14. The molecule has 4 heteroatoms. The predicted octanol–water partition coefficient (Wildman–Crippen LogP) is -0.491. The van der Waals surface area contributed by atoms with E-state index in [2.05, 4.69) is 36.4 Å². The molecule has 0 radical (unpaired) electrons. The Kier molecular flexibility index (Phi) is 4.20. The summed E-state index contributed by atoms with van der Waals surface area (Å²) in [7, 11) is 0. The van der Waals surface area contributed by atoms with Gasteiger partial charge in [0, 0.05) is 6.42 Å². The van der Waals surface area contributed by atoms with E-state index in [0.717, 1.165) is 5.75 Å². The second kappa shape index (κ2) is 6.26. The van der Waals surface area contributed by atoms with Gasteiger partial charge in [-0.15, -0.1) is 0 Å². The Morgan fingerprint density at radius 2 is 1.70 bits per heavy atom. The average Bonchev–Trinajstić information content (AvgIpc) is 2.88. The van der Waals surface area contributed by atoms with Crippen molar-refractivity contribution in [3.8, 4) is 5.75 Å². The predicted molar refractivity (Wildman–Crippen MR) is 70.3 cm³/mol. The van der Waals surface area contributed by atoms with Crippen LogP contribution in [0.15, 0.2) is 54.6 Å². The Hall–Kier alpha value is -1.56. The molecule has 2 aromatic rings. The molecule has 0 spiro atoms. The van der Waals surface area contributed by atoms with Crippen molar-refractivity contribution in [1.29, 1.82) is 0 Å². The van der Waals surface area contributed by atoms with Crippen molar-refractivity contribution in [2.24, 2.45) is 0 Å². The van der Waals surface area contributed by atoms with Gasteiger partial charge >= 0.3 is 27.2 Å². The van der Waals surface area contributed by atoms with E-state index in [1.54, 1.807) is 0 Å². The second-order valence-electron chi connectivity index (χ2n) is 4.41. The highest BCUT2D eigenvalue weighted by atomic mass is 127. The molecule has 1 heterocycles. The van der Waals surface area contributed by atoms with E-state index in [9.17, 15) is 4.79 Å². The minimum absolute atomic E-state index is 0.157. The Balaban J connectivity index is 1.64. The van der Waals surface area contributed by atoms with Crippen LogP contribution in [0.3, 0.4) is 0 Å². The maximum Gasteiger partial charge on any atom is 0.357 e. The third-order valence-electron chi connectivity index (χ3n) is 2.93. The molecule has 0 amide bonds. The summed E-state index contributed by atoms with van der Waals surface area (Å²) < 4.78 is 13.2. The van der Waals surface area contributed by atoms with Crippen LogP contribution in [-0.2, 0) is 9.53 Å². The summed E-state index contributed by atoms with van der Waals surface area (Å²) in [6, 6.07) is 18.5. The number of halogens is 1. The Bertz CT molecular complexity index is 580. The first-order valence-electron chi connectivity index (χ1n) is 6.44. The summed E-state index contributed by atoms with van der Waals surface area (Å²) in [5, 5.41) is 0. The molecule has 1 atom stereocenters. The van der Waals surface area contributed by atoms with Gasteiger partial charge in [-0.3, -0.25) is 0 Å². The molecule has 0 bridgehead atoms. The lowest BCUT2D eigenvalue weighted by Gasteiger charge is -2.08. The summed E-state index contributed by atoms with van der Waals surface area (Å²) >= 11 is -0.157. The lowest BCUT2D eigenvalue weighted by Crippen LogP contribution is -3.61. The highest BCUT2D eigenvalue weighted by Gasteiger charge is 2.28. The summed E-state index contributed by atoms with van der Waals surface area (Å²) in [5.41, 5.74) is 0. The third-order valence-corrected chi connectivity index (χ3v) is 5.61. The summed E-state index contributed by atoms with van der Waals surface area (Å²) in [5.74, 6) is 0.473. The quantitative estimate of drug-likeness (QED) is 0.530. The highest BCUT2D eigenvalue weighted by Crippen LogP contribution is 2.16. The van der Waals surface area contributed by atoms with Crippen LogP contribution in [0.4, 0.5) is 0 Å². The smallest absolute Gasteiger partial charge is 0.357 e. The van der Waals surface area contributed by atoms with Crippen LogP contribution in [0, 0.1) is 7.14 Å². The molecular formula is C16H14IO3+. The lowest BCUT2D eigenvalue weighted by atomic mass is 10.3. The average molecular weight is 381 g/mol. The number of ether oxygens (including phenoxy) is 2. The number of cyclic esters (lactones) is 1. The number of rotatable bonds is 4. The minimum Gasteiger partial charge on any atom is -0.479 e. The van der Waals surface area contributed by atoms with Crippen LogP contribution in [0.2, 0.25) is 0 Å². The molecule has 1 unspecified atom stereocenters. The van der Waals surface area contributed by atoms with Crippen molar-refractivity contribution in [2.75, 3.05) is 6.61 Å². The van der Waals surface area contributed by atoms with Gasteiger partial charge in [-0.2, -0.15) is 0 Å². The number of hydrogen-bond donors (Lipinski definition) is 0. The Morgan fingerprint density at radius 1 is 1.00 bits per heavy atom. The topological polar surface area (TPSA) is 35.5 Å². The third kappa shape index (κ3) is 3.30. The van der Waals surface area contributed by atoms with E-state index < -0.39 is 6.10 Å². The second-order valence-corrected chi connectivity index (χ2v) is 7.44. The van der Waals surface area contributed by atoms with Crippen molar-refractivity contribution in [2.45, 2.75) is 12.5 Å². The van der Waals surface area contributed by atoms with E-state index in [1.807, 2.05) is 18.2 Å². The molecule has 3 nitrogen and oxygen atoms in total. The van der Waals surface area contributed by atoms with Crippen LogP contribution in [-0.4, -0.2) is 18.7 Å². The standard InChI is InChI=1S/C16H14IO3/c18-16-15(10-11-19-16)20-14-8-6-13(7-9-14)17-12-4-2-1-3-5-12/h1-9,15H,10-11H2/q+1. The molecule has 20 heavy (non-hydrogen) atoms. The fourth-order valence-electron chi connectivity index (χ4n) is 1.93. The van der Waals surface area contributed by atoms with Crippen LogP contribution in [0.5, 0.6) is 5.75 Å². The van der Waals surface area contributed by atoms with E-state index in [-0.39, 0.29) is 27.2 Å². The molecule has 102 valence electrons. The monoisotopic (exact) mass is 381 g/mol. The molecule has 1 fully saturated rings. The zero-order valence-corrected chi connectivity index (χ0v) is 12.9. The normalized spacial score (nSPS) is 17.8. The van der Waals surface area contributed by atoms with Gasteiger partial charge in [0.05, 0.1) is 6.61 Å². The highest BCUT2D eigenvalue weighted by molar-refractivity contribution is 5.76. The molecule has 1 aliphatic heterocycles. The van der Waals surface area contributed by atoms with Crippen molar-refractivity contribution in [3.63, 3.8) is 0 Å². The van der Waals surface area contributed by atoms with Gasteiger partial charge < -0.3 is 9.47 Å². The molecule has 0 aliphatic carbocycles.